The molecule has 7 aromatic rings. The number of hydrogen-bond donors (Lipinski definition) is 15. The van der Waals surface area contributed by atoms with E-state index >= 15 is 0 Å². The van der Waals surface area contributed by atoms with E-state index in [1.807, 2.05) is 0 Å². The second kappa shape index (κ2) is 60.1. The summed E-state index contributed by atoms with van der Waals surface area (Å²) in [5, 5.41) is 29.6. The van der Waals surface area contributed by atoms with Gasteiger partial charge in [-0.1, -0.05) is 43.5 Å². The molecule has 798 valence electrons. The standard InChI is InChI=1S/C60H83N9O12.C46H56F6N8O6/c1-78-53-21-17-37(29-41(53)57(66)74)34-50(71)46(14-6-10-26-62)67-59(76)43-31-39(19-23-55(43)80-3)36-52(73)48(16-8-12-28-64)69-60(77)44-32-40(20-24-56(44)81-4)35-51(72)47(15-7-11-27-63)68-58(75)42-30-38(18-22-54(42)79-2)33-49(70)45(65)13-5-9-25-61;47-45(48,49)31-15-27(19-33(61)7-3-1-5-9-41(53)54)43(65-35-11-13-57-24-35)29(17-31)21-39(63)37-23-38(60-26-59-37)40(64)22-30-18-32(46(50,51)52)16-28(44(30)66-36-12-14-58-25-36)20-34(62)8-4-2-6-10-42(55)56/h17-24,29-32,45-48H,5-16,25-28,33-36,61-65H2,1-4H3,(H2,66,74)(H,67,76)(H,68,75)(H,69,77);15-18,23,26,35-36,57-58H,1-14,19-22,24-25H2,(H3,53,54)(H3,55,56)/t45-,46-,47-,48-;35-,36-/m01/s1. The zero-order valence-electron chi connectivity index (χ0n) is 83.8. The van der Waals surface area contributed by atoms with Gasteiger partial charge in [0.2, 0.25) is 0 Å². The van der Waals surface area contributed by atoms with E-state index in [2.05, 4.69) is 36.6 Å². The average molecular weight is 2050 g/mol. The number of benzene rings is 6. The molecule has 35 nitrogen and oxygen atoms in total. The predicted molar refractivity (Wildman–Crippen MR) is 541 cm³/mol. The van der Waals surface area contributed by atoms with Crippen molar-refractivity contribution in [1.82, 2.24) is 36.6 Å². The van der Waals surface area contributed by atoms with Gasteiger partial charge in [-0.25, -0.2) is 9.97 Å². The van der Waals surface area contributed by atoms with E-state index in [1.54, 1.807) is 54.6 Å². The van der Waals surface area contributed by atoms with Crippen LogP contribution in [0.1, 0.15) is 272 Å². The molecule has 9 rings (SSSR count). The summed E-state index contributed by atoms with van der Waals surface area (Å²) in [5.74, 6) is -5.41. The van der Waals surface area contributed by atoms with E-state index in [0.29, 0.717) is 190 Å². The number of nitrogens with two attached hydrogens (primary N) is 8. The summed E-state index contributed by atoms with van der Waals surface area (Å²) in [5.41, 5.74) is 44.4. The molecule has 4 amide bonds. The maximum Gasteiger partial charge on any atom is 0.416 e. The van der Waals surface area contributed by atoms with Crippen molar-refractivity contribution in [2.24, 2.45) is 45.9 Å². The molecule has 6 aromatic carbocycles. The smallest absolute Gasteiger partial charge is 0.416 e. The van der Waals surface area contributed by atoms with Crippen LogP contribution in [0.25, 0.3) is 0 Å². The lowest BCUT2D eigenvalue weighted by atomic mass is 9.94. The number of primary amides is 1. The highest BCUT2D eigenvalue weighted by Gasteiger charge is 2.38. The lowest BCUT2D eigenvalue weighted by Crippen LogP contribution is -2.42. The van der Waals surface area contributed by atoms with Crippen molar-refractivity contribution in [3.63, 3.8) is 0 Å². The van der Waals surface area contributed by atoms with E-state index in [4.69, 9.17) is 85.1 Å². The highest BCUT2D eigenvalue weighted by molar-refractivity contribution is 6.05. The summed E-state index contributed by atoms with van der Waals surface area (Å²) in [6.07, 6.45) is -1.51. The number of carbonyl (C=O) groups excluding carboxylic acids is 12. The monoisotopic (exact) mass is 2050 g/mol. The fourth-order valence-corrected chi connectivity index (χ4v) is 17.2. The third-order valence-corrected chi connectivity index (χ3v) is 25.1. The van der Waals surface area contributed by atoms with Gasteiger partial charge in [0, 0.05) is 112 Å². The molecule has 2 aliphatic heterocycles. The first-order valence-corrected chi connectivity index (χ1v) is 49.6. The molecular weight excluding hydrogens is 1910 g/mol. The SMILES string of the molecule is COc1ccc(CC(=O)[C@H](CCCCN)NC(=O)c2cc(CC(=O)[C@H](CCCCN)NC(=O)c3cc(CC(=O)[C@H](CCCCN)NC(=O)c4cc(CC(=O)[C@@H](N)CCCCN)ccc4OC)ccc3OC)ccc2OC)cc1C(N)=O.N=C(N)CCCCCC(=O)Cc1cc(C(F)(F)F)cc(CC(=O)c2cc(C(=O)Cc3cc(C(F)(F)F)cc(CC(=O)CCCCCC(=N)N)c3O[C@@H]3CCNC3)ncn2)c1O[C@@H]1CCNC1. The van der Waals surface area contributed by atoms with Crippen LogP contribution >= 0.6 is 0 Å². The molecule has 0 saturated carbocycles. The van der Waals surface area contributed by atoms with Crippen LogP contribution in [0.3, 0.4) is 0 Å². The van der Waals surface area contributed by atoms with Crippen molar-refractivity contribution < 1.29 is 112 Å². The Morgan fingerprint density at radius 1 is 0.388 bits per heavy atom. The Hall–Kier alpha value is -13.3. The van der Waals surface area contributed by atoms with Crippen LogP contribution < -0.4 is 101 Å². The first-order chi connectivity index (χ1) is 70.2. The number of methoxy groups -OCH3 is 4. The minimum atomic E-state index is -4.87. The second-order valence-corrected chi connectivity index (χ2v) is 36.7. The second-order valence-electron chi connectivity index (χ2n) is 36.7. The van der Waals surface area contributed by atoms with Crippen molar-refractivity contribution in [1.29, 1.82) is 10.8 Å². The molecule has 147 heavy (non-hydrogen) atoms. The Labute approximate surface area is 851 Å². The molecular formula is C106H139F6N17O18. The third-order valence-electron chi connectivity index (χ3n) is 25.1. The molecule has 0 aliphatic carbocycles. The van der Waals surface area contributed by atoms with Crippen LogP contribution in [0.5, 0.6) is 34.5 Å². The molecule has 3 heterocycles. The van der Waals surface area contributed by atoms with Gasteiger partial charge < -0.3 is 101 Å². The molecule has 2 fully saturated rings. The van der Waals surface area contributed by atoms with Crippen LogP contribution in [-0.4, -0.2) is 209 Å². The summed E-state index contributed by atoms with van der Waals surface area (Å²) in [7, 11) is 5.59. The molecule has 0 spiro atoms. The Morgan fingerprint density at radius 2 is 0.694 bits per heavy atom. The normalized spacial score (nSPS) is 14.2. The van der Waals surface area contributed by atoms with Crippen LogP contribution in [0, 0.1) is 10.8 Å². The molecule has 41 heteroatoms. The number of nitrogens with one attached hydrogen (secondary N) is 7. The van der Waals surface area contributed by atoms with Gasteiger partial charge in [-0.05, 0) is 250 Å². The third kappa shape index (κ3) is 38.5. The predicted octanol–water partition coefficient (Wildman–Crippen LogP) is 10.3. The first-order valence-electron chi connectivity index (χ1n) is 49.6. The largest absolute Gasteiger partial charge is 0.496 e. The quantitative estimate of drug-likeness (QED) is 0.00554. The summed E-state index contributed by atoms with van der Waals surface area (Å²) < 4.78 is 121. The van der Waals surface area contributed by atoms with Crippen molar-refractivity contribution in [3.8, 4) is 34.5 Å². The van der Waals surface area contributed by atoms with Gasteiger partial charge >= 0.3 is 12.4 Å². The minimum Gasteiger partial charge on any atom is -0.496 e. The number of amides is 4. The number of rotatable bonds is 65. The number of alkyl halides is 6. The number of unbranched alkanes of at least 4 members (excludes halogenated alkanes) is 8. The van der Waals surface area contributed by atoms with Crippen molar-refractivity contribution >= 4 is 81.6 Å². The number of ether oxygens (including phenoxy) is 6. The fraction of sp³-hybridized carbons (Fsp3) is 0.491. The number of carbonyl (C=O) groups is 12. The number of hydrogen-bond acceptors (Lipinski definition) is 29. The number of aromatic nitrogens is 2. The fourth-order valence-electron chi connectivity index (χ4n) is 17.2. The highest BCUT2D eigenvalue weighted by Crippen LogP contribution is 2.41. The van der Waals surface area contributed by atoms with E-state index in [1.165, 1.54) is 46.6 Å². The van der Waals surface area contributed by atoms with Crippen LogP contribution in [0.2, 0.25) is 0 Å². The van der Waals surface area contributed by atoms with Crippen LogP contribution in [0.4, 0.5) is 26.3 Å². The van der Waals surface area contributed by atoms with Gasteiger partial charge in [0.25, 0.3) is 23.6 Å². The summed E-state index contributed by atoms with van der Waals surface area (Å²) in [6.45, 7) is 3.47. The van der Waals surface area contributed by atoms with Gasteiger partial charge in [0.15, 0.2) is 34.7 Å². The number of halogens is 6. The first kappa shape index (κ1) is 119. The lowest BCUT2D eigenvalue weighted by molar-refractivity contribution is -0.138. The van der Waals surface area contributed by atoms with E-state index in [9.17, 15) is 83.9 Å². The molecule has 23 N–H and O–H groups in total. The Morgan fingerprint density at radius 3 is 0.993 bits per heavy atom. The average Bonchev–Trinajstić information content (AvgIpc) is 1.54. The molecule has 2 aliphatic rings. The van der Waals surface area contributed by atoms with Crippen LogP contribution in [-0.2, 0) is 92.5 Å². The molecule has 6 atom stereocenters. The number of Topliss-reactive ketones (excluding diaryl/α,β-unsaturated/α-hetero) is 8. The topological polar surface area (TPSA) is 602 Å². The van der Waals surface area contributed by atoms with Gasteiger partial charge in [0.05, 0.1) is 97.7 Å². The van der Waals surface area contributed by atoms with Gasteiger partial charge in [0.1, 0.15) is 76.0 Å². The maximum absolute atomic E-state index is 14.4. The number of amidine groups is 2. The van der Waals surface area contributed by atoms with E-state index < -0.39 is 121 Å². The molecule has 0 bridgehead atoms. The van der Waals surface area contributed by atoms with Gasteiger partial charge in [-0.2, -0.15) is 26.3 Å². The van der Waals surface area contributed by atoms with Gasteiger partial charge in [-0.3, -0.25) is 68.4 Å². The van der Waals surface area contributed by atoms with Crippen LogP contribution in [0.15, 0.2) is 109 Å². The van der Waals surface area contributed by atoms with Crippen molar-refractivity contribution in [2.45, 2.75) is 254 Å². The number of nitrogens with zero attached hydrogens (tertiary/aromatic N) is 2. The Kier molecular flexibility index (Phi) is 48.6. The summed E-state index contributed by atoms with van der Waals surface area (Å²) >= 11 is 0. The van der Waals surface area contributed by atoms with Crippen molar-refractivity contribution in [3.05, 3.63) is 199 Å². The molecule has 1 aromatic heterocycles. The minimum absolute atomic E-state index is 0.00612. The lowest BCUT2D eigenvalue weighted by Gasteiger charge is -2.22. The Balaban J connectivity index is 0.000000366. The Bertz CT molecular complexity index is 5560. The zero-order chi connectivity index (χ0) is 107. The molecule has 2 saturated heterocycles. The van der Waals surface area contributed by atoms with Crippen molar-refractivity contribution in [2.75, 3.05) is 80.8 Å². The number of ketones is 8. The van der Waals surface area contributed by atoms with Gasteiger partial charge in [-0.15, -0.1) is 0 Å². The zero-order valence-corrected chi connectivity index (χ0v) is 83.8. The summed E-state index contributed by atoms with van der Waals surface area (Å²) in [4.78, 5) is 172. The van der Waals surface area contributed by atoms with E-state index in [-0.39, 0.29) is 195 Å². The maximum atomic E-state index is 14.4. The highest BCUT2D eigenvalue weighted by atomic mass is 19.4. The van der Waals surface area contributed by atoms with E-state index in [0.717, 1.165) is 43.1 Å². The molecule has 0 unspecified atom stereocenters. The summed E-state index contributed by atoms with van der Waals surface area (Å²) in [6, 6.07) is 19.5. The molecule has 0 radical (unpaired) electrons.